The lowest BCUT2D eigenvalue weighted by Crippen LogP contribution is -1.92. The van der Waals surface area contributed by atoms with Gasteiger partial charge >= 0.3 is 0 Å². The lowest BCUT2D eigenvalue weighted by molar-refractivity contribution is 0.111. The lowest BCUT2D eigenvalue weighted by atomic mass is 10.1. The fourth-order valence-electron chi connectivity index (χ4n) is 0.794. The van der Waals surface area contributed by atoms with Crippen molar-refractivity contribution >= 4 is 17.9 Å². The summed E-state index contributed by atoms with van der Waals surface area (Å²) in [4.78, 5) is 10.2. The summed E-state index contributed by atoms with van der Waals surface area (Å²) in [5, 5.41) is 0. The molecule has 0 bridgehead atoms. The van der Waals surface area contributed by atoms with Crippen molar-refractivity contribution in [3.05, 3.63) is 35.1 Å². The van der Waals surface area contributed by atoms with Crippen molar-refractivity contribution in [3.63, 3.8) is 0 Å². The number of halogens is 2. The zero-order chi connectivity index (χ0) is 8.27. The number of alkyl halides is 1. The maximum Gasteiger partial charge on any atom is 0.153 e. The molecular formula is C8H6ClFO. The summed E-state index contributed by atoms with van der Waals surface area (Å²) in [6, 6.07) is 4.57. The predicted molar refractivity (Wildman–Crippen MR) is 41.3 cm³/mol. The van der Waals surface area contributed by atoms with Gasteiger partial charge in [-0.15, -0.1) is 11.6 Å². The molecule has 0 radical (unpaired) electrons. The van der Waals surface area contributed by atoms with Crippen LogP contribution in [-0.2, 0) is 5.88 Å². The van der Waals surface area contributed by atoms with Gasteiger partial charge in [-0.2, -0.15) is 0 Å². The van der Waals surface area contributed by atoms with E-state index in [1.807, 2.05) is 0 Å². The van der Waals surface area contributed by atoms with Crippen LogP contribution in [-0.4, -0.2) is 6.29 Å². The molecule has 0 unspecified atom stereocenters. The number of benzene rings is 1. The SMILES string of the molecule is O=Cc1cccc(CCl)c1F. The van der Waals surface area contributed by atoms with Crippen molar-refractivity contribution in [2.45, 2.75) is 5.88 Å². The van der Waals surface area contributed by atoms with E-state index in [1.165, 1.54) is 6.07 Å². The first-order valence-electron chi connectivity index (χ1n) is 3.08. The molecule has 0 fully saturated rings. The molecule has 0 heterocycles. The molecule has 3 heteroatoms. The zero-order valence-electron chi connectivity index (χ0n) is 5.68. The van der Waals surface area contributed by atoms with Crippen LogP contribution >= 0.6 is 11.6 Å². The van der Waals surface area contributed by atoms with E-state index in [4.69, 9.17) is 11.6 Å². The van der Waals surface area contributed by atoms with Gasteiger partial charge in [-0.1, -0.05) is 12.1 Å². The van der Waals surface area contributed by atoms with Gasteiger partial charge in [0.15, 0.2) is 6.29 Å². The minimum Gasteiger partial charge on any atom is -0.298 e. The number of hydrogen-bond acceptors (Lipinski definition) is 1. The molecule has 1 rings (SSSR count). The topological polar surface area (TPSA) is 17.1 Å². The highest BCUT2D eigenvalue weighted by molar-refractivity contribution is 6.17. The van der Waals surface area contributed by atoms with Crippen molar-refractivity contribution in [1.29, 1.82) is 0 Å². The zero-order valence-corrected chi connectivity index (χ0v) is 6.44. The largest absolute Gasteiger partial charge is 0.298 e. The Morgan fingerprint density at radius 2 is 2.27 bits per heavy atom. The van der Waals surface area contributed by atoms with E-state index in [1.54, 1.807) is 12.1 Å². The van der Waals surface area contributed by atoms with Crippen LogP contribution in [0.3, 0.4) is 0 Å². The van der Waals surface area contributed by atoms with Crippen LogP contribution < -0.4 is 0 Å². The van der Waals surface area contributed by atoms with E-state index >= 15 is 0 Å². The normalized spacial score (nSPS) is 9.64. The van der Waals surface area contributed by atoms with Crippen molar-refractivity contribution in [2.75, 3.05) is 0 Å². The minimum absolute atomic E-state index is 0.0585. The summed E-state index contributed by atoms with van der Waals surface area (Å²) >= 11 is 5.41. The standard InChI is InChI=1S/C8H6ClFO/c9-4-6-2-1-3-7(5-11)8(6)10/h1-3,5H,4H2. The lowest BCUT2D eigenvalue weighted by Gasteiger charge is -1.98. The number of carbonyl (C=O) groups excluding carboxylic acids is 1. The fourth-order valence-corrected chi connectivity index (χ4v) is 1.00. The third kappa shape index (κ3) is 1.57. The Kier molecular flexibility index (Phi) is 2.60. The van der Waals surface area contributed by atoms with Crippen LogP contribution in [0, 0.1) is 5.82 Å². The summed E-state index contributed by atoms with van der Waals surface area (Å²) in [6.07, 6.45) is 0.478. The Hall–Kier alpha value is -0.890. The van der Waals surface area contributed by atoms with Gasteiger partial charge in [0, 0.05) is 5.56 Å². The van der Waals surface area contributed by atoms with Gasteiger partial charge in [-0.3, -0.25) is 4.79 Å². The molecule has 11 heavy (non-hydrogen) atoms. The number of hydrogen-bond donors (Lipinski definition) is 0. The van der Waals surface area contributed by atoms with E-state index in [0.29, 0.717) is 11.8 Å². The second-order valence-corrected chi connectivity index (χ2v) is 2.34. The molecule has 0 aliphatic carbocycles. The molecule has 0 N–H and O–H groups in total. The molecule has 0 spiro atoms. The molecule has 0 saturated heterocycles. The van der Waals surface area contributed by atoms with Gasteiger partial charge in [0.05, 0.1) is 11.4 Å². The van der Waals surface area contributed by atoms with Crippen LogP contribution in [0.15, 0.2) is 18.2 Å². The van der Waals surface area contributed by atoms with Crippen LogP contribution in [0.25, 0.3) is 0 Å². The van der Waals surface area contributed by atoms with E-state index < -0.39 is 5.82 Å². The molecule has 1 aromatic rings. The van der Waals surface area contributed by atoms with Crippen molar-refractivity contribution in [3.8, 4) is 0 Å². The second kappa shape index (κ2) is 3.49. The molecule has 0 aliphatic heterocycles. The Morgan fingerprint density at radius 1 is 1.55 bits per heavy atom. The molecule has 0 aromatic heterocycles. The molecule has 58 valence electrons. The van der Waals surface area contributed by atoms with Gasteiger partial charge in [-0.05, 0) is 6.07 Å². The summed E-state index contributed by atoms with van der Waals surface area (Å²) in [5.41, 5.74) is 0.416. The number of carbonyl (C=O) groups is 1. The van der Waals surface area contributed by atoms with Crippen molar-refractivity contribution < 1.29 is 9.18 Å². The van der Waals surface area contributed by atoms with Crippen LogP contribution in [0.1, 0.15) is 15.9 Å². The first-order chi connectivity index (χ1) is 5.29. The Labute approximate surface area is 68.8 Å². The molecule has 0 aliphatic rings. The van der Waals surface area contributed by atoms with Crippen molar-refractivity contribution in [1.82, 2.24) is 0 Å². The third-order valence-electron chi connectivity index (χ3n) is 1.38. The third-order valence-corrected chi connectivity index (χ3v) is 1.67. The monoisotopic (exact) mass is 172 g/mol. The highest BCUT2D eigenvalue weighted by Crippen LogP contribution is 2.12. The molecule has 1 nitrogen and oxygen atoms in total. The summed E-state index contributed by atoms with van der Waals surface area (Å²) in [5.74, 6) is -0.425. The highest BCUT2D eigenvalue weighted by atomic mass is 35.5. The van der Waals surface area contributed by atoms with Gasteiger partial charge in [-0.25, -0.2) is 4.39 Å². The molecule has 0 saturated carbocycles. The summed E-state index contributed by atoms with van der Waals surface area (Å²) in [7, 11) is 0. The van der Waals surface area contributed by atoms with Gasteiger partial charge in [0.25, 0.3) is 0 Å². The average molecular weight is 173 g/mol. The molecule has 0 atom stereocenters. The summed E-state index contributed by atoms with van der Waals surface area (Å²) < 4.78 is 13.0. The van der Waals surface area contributed by atoms with Crippen LogP contribution in [0.4, 0.5) is 4.39 Å². The Bertz CT molecular complexity index is 273. The van der Waals surface area contributed by atoms with E-state index in [0.717, 1.165) is 0 Å². The average Bonchev–Trinajstić information content (AvgIpc) is 2.05. The maximum absolute atomic E-state index is 13.0. The Morgan fingerprint density at radius 3 is 2.82 bits per heavy atom. The van der Waals surface area contributed by atoms with Crippen molar-refractivity contribution in [2.24, 2.45) is 0 Å². The Balaban J connectivity index is 3.20. The van der Waals surface area contributed by atoms with E-state index in [9.17, 15) is 9.18 Å². The second-order valence-electron chi connectivity index (χ2n) is 2.07. The van der Waals surface area contributed by atoms with Gasteiger partial charge in [0.1, 0.15) is 5.82 Å². The maximum atomic E-state index is 13.0. The smallest absolute Gasteiger partial charge is 0.153 e. The number of aldehydes is 1. The molecular weight excluding hydrogens is 167 g/mol. The first-order valence-corrected chi connectivity index (χ1v) is 3.61. The quantitative estimate of drug-likeness (QED) is 0.495. The molecule has 1 aromatic carbocycles. The summed E-state index contributed by atoms with van der Waals surface area (Å²) in [6.45, 7) is 0. The fraction of sp³-hybridized carbons (Fsp3) is 0.125. The molecule has 0 amide bonds. The van der Waals surface area contributed by atoms with Gasteiger partial charge in [0.2, 0.25) is 0 Å². The number of rotatable bonds is 2. The predicted octanol–water partition coefficient (Wildman–Crippen LogP) is 2.38. The van der Waals surface area contributed by atoms with E-state index in [-0.39, 0.29) is 11.4 Å². The van der Waals surface area contributed by atoms with Crippen LogP contribution in [0.2, 0.25) is 0 Å². The highest BCUT2D eigenvalue weighted by Gasteiger charge is 2.04. The minimum atomic E-state index is -0.516. The first kappa shape index (κ1) is 8.21. The van der Waals surface area contributed by atoms with E-state index in [2.05, 4.69) is 0 Å². The van der Waals surface area contributed by atoms with Crippen LogP contribution in [0.5, 0.6) is 0 Å². The van der Waals surface area contributed by atoms with Gasteiger partial charge < -0.3 is 0 Å².